The molecule has 2 aromatic rings. The third-order valence-electron chi connectivity index (χ3n) is 5.40. The van der Waals surface area contributed by atoms with Crippen LogP contribution in [-0.4, -0.2) is 50.1 Å². The van der Waals surface area contributed by atoms with Crippen molar-refractivity contribution in [2.24, 2.45) is 0 Å². The molecule has 0 bridgehead atoms. The fourth-order valence-corrected chi connectivity index (χ4v) is 3.38. The number of nitrogens with one attached hydrogen (secondary N) is 1. The topological polar surface area (TPSA) is 67.9 Å². The van der Waals surface area contributed by atoms with E-state index in [4.69, 9.17) is 9.47 Å². The smallest absolute Gasteiger partial charge is 0.227 e. The van der Waals surface area contributed by atoms with Crippen molar-refractivity contribution in [2.45, 2.75) is 45.6 Å². The van der Waals surface area contributed by atoms with Gasteiger partial charge in [-0.15, -0.1) is 0 Å². The van der Waals surface area contributed by atoms with Crippen LogP contribution in [0, 0.1) is 0 Å². The van der Waals surface area contributed by atoms with E-state index in [1.54, 1.807) is 14.2 Å². The molecule has 0 saturated heterocycles. The normalized spacial score (nSPS) is 11.5. The summed E-state index contributed by atoms with van der Waals surface area (Å²) in [5, 5.41) is 2.95. The highest BCUT2D eigenvalue weighted by Crippen LogP contribution is 2.27. The second-order valence-corrected chi connectivity index (χ2v) is 7.55. The van der Waals surface area contributed by atoms with Crippen LogP contribution >= 0.6 is 0 Å². The molecule has 6 heteroatoms. The molecular formula is C25H34N2O4. The molecule has 168 valence electrons. The molecule has 1 atom stereocenters. The maximum Gasteiger partial charge on any atom is 0.227 e. The van der Waals surface area contributed by atoms with Crippen molar-refractivity contribution in [1.82, 2.24) is 10.2 Å². The molecule has 0 aliphatic rings. The summed E-state index contributed by atoms with van der Waals surface area (Å²) in [6.45, 7) is 5.02. The lowest BCUT2D eigenvalue weighted by Gasteiger charge is -2.28. The first-order chi connectivity index (χ1) is 15.0. The van der Waals surface area contributed by atoms with Crippen molar-refractivity contribution in [3.05, 3.63) is 59.7 Å². The van der Waals surface area contributed by atoms with Crippen LogP contribution in [-0.2, 0) is 22.4 Å². The minimum absolute atomic E-state index is 0.0543. The number of methoxy groups -OCH3 is 2. The van der Waals surface area contributed by atoms with Crippen molar-refractivity contribution >= 4 is 11.8 Å². The lowest BCUT2D eigenvalue weighted by Crippen LogP contribution is -2.41. The van der Waals surface area contributed by atoms with E-state index < -0.39 is 0 Å². The highest BCUT2D eigenvalue weighted by Gasteiger charge is 2.20. The molecule has 1 unspecified atom stereocenters. The number of amides is 2. The van der Waals surface area contributed by atoms with E-state index in [1.165, 1.54) is 0 Å². The van der Waals surface area contributed by atoms with Crippen LogP contribution in [0.2, 0.25) is 0 Å². The number of carbonyl (C=O) groups excluding carboxylic acids is 2. The van der Waals surface area contributed by atoms with Gasteiger partial charge in [0.15, 0.2) is 11.5 Å². The van der Waals surface area contributed by atoms with Gasteiger partial charge in [0.25, 0.3) is 0 Å². The summed E-state index contributed by atoms with van der Waals surface area (Å²) in [6, 6.07) is 15.5. The average Bonchev–Trinajstić information content (AvgIpc) is 2.79. The molecule has 0 radical (unpaired) electrons. The molecule has 0 aromatic heterocycles. The van der Waals surface area contributed by atoms with Crippen LogP contribution in [0.1, 0.15) is 37.8 Å². The number of ether oxygens (including phenoxy) is 2. The predicted octanol–water partition coefficient (Wildman–Crippen LogP) is 3.62. The number of carbonyl (C=O) groups is 2. The Morgan fingerprint density at radius 2 is 1.71 bits per heavy atom. The second kappa shape index (κ2) is 12.6. The molecule has 0 heterocycles. The molecule has 2 rings (SSSR count). The maximum absolute atomic E-state index is 12.8. The molecule has 0 spiro atoms. The summed E-state index contributed by atoms with van der Waals surface area (Å²) in [4.78, 5) is 27.0. The van der Waals surface area contributed by atoms with Gasteiger partial charge in [-0.25, -0.2) is 0 Å². The molecule has 0 aliphatic heterocycles. The average molecular weight is 427 g/mol. The molecular weight excluding hydrogens is 392 g/mol. The Morgan fingerprint density at radius 3 is 2.35 bits per heavy atom. The summed E-state index contributed by atoms with van der Waals surface area (Å²) in [5.41, 5.74) is 2.04. The van der Waals surface area contributed by atoms with Gasteiger partial charge in [-0.1, -0.05) is 43.3 Å². The molecule has 31 heavy (non-hydrogen) atoms. The minimum atomic E-state index is -0.0544. The number of rotatable bonds is 12. The Morgan fingerprint density at radius 1 is 1.00 bits per heavy atom. The first-order valence-corrected chi connectivity index (χ1v) is 10.8. The standard InChI is InChI=1S/C25H34N2O4/c1-5-19(2)27(25(29)18-20-9-7-6-8-10-20)16-14-24(28)26-15-13-21-11-12-22(30-3)23(17-21)31-4/h6-12,17,19H,5,13-16,18H2,1-4H3,(H,26,28). The summed E-state index contributed by atoms with van der Waals surface area (Å²) >= 11 is 0. The van der Waals surface area contributed by atoms with Gasteiger partial charge < -0.3 is 19.7 Å². The van der Waals surface area contributed by atoms with E-state index in [9.17, 15) is 9.59 Å². The van der Waals surface area contributed by atoms with Crippen LogP contribution in [0.25, 0.3) is 0 Å². The van der Waals surface area contributed by atoms with Gasteiger partial charge in [-0.3, -0.25) is 9.59 Å². The summed E-state index contributed by atoms with van der Waals surface area (Å²) in [5.74, 6) is 1.35. The molecule has 2 amide bonds. The lowest BCUT2D eigenvalue weighted by molar-refractivity contribution is -0.133. The third kappa shape index (κ3) is 7.63. The Bertz CT molecular complexity index is 839. The number of benzene rings is 2. The van der Waals surface area contributed by atoms with Gasteiger partial charge in [0, 0.05) is 25.6 Å². The Hall–Kier alpha value is -3.02. The molecule has 0 aliphatic carbocycles. The predicted molar refractivity (Wildman–Crippen MR) is 122 cm³/mol. The van der Waals surface area contributed by atoms with Gasteiger partial charge in [0.2, 0.25) is 11.8 Å². The van der Waals surface area contributed by atoms with Crippen LogP contribution in [0.4, 0.5) is 0 Å². The van der Waals surface area contributed by atoms with Gasteiger partial charge in [0.05, 0.1) is 20.6 Å². The van der Waals surface area contributed by atoms with Crippen LogP contribution < -0.4 is 14.8 Å². The Kier molecular flexibility index (Phi) is 9.88. The van der Waals surface area contributed by atoms with Crippen molar-refractivity contribution in [3.8, 4) is 11.5 Å². The molecule has 0 fully saturated rings. The summed E-state index contributed by atoms with van der Waals surface area (Å²) in [6.07, 6.45) is 2.18. The van der Waals surface area contributed by atoms with E-state index in [-0.39, 0.29) is 24.3 Å². The fraction of sp³-hybridized carbons (Fsp3) is 0.440. The van der Waals surface area contributed by atoms with Gasteiger partial charge >= 0.3 is 0 Å². The highest BCUT2D eigenvalue weighted by atomic mass is 16.5. The zero-order valence-corrected chi connectivity index (χ0v) is 19.0. The SMILES string of the molecule is CCC(C)N(CCC(=O)NCCc1ccc(OC)c(OC)c1)C(=O)Cc1ccccc1. The quantitative estimate of drug-likeness (QED) is 0.563. The van der Waals surface area contributed by atoms with E-state index >= 15 is 0 Å². The zero-order chi connectivity index (χ0) is 22.6. The number of nitrogens with zero attached hydrogens (tertiary/aromatic N) is 1. The largest absolute Gasteiger partial charge is 0.493 e. The first-order valence-electron chi connectivity index (χ1n) is 10.8. The van der Waals surface area contributed by atoms with E-state index in [0.29, 0.717) is 37.4 Å². The molecule has 1 N–H and O–H groups in total. The van der Waals surface area contributed by atoms with E-state index in [1.807, 2.05) is 60.4 Å². The van der Waals surface area contributed by atoms with Crippen LogP contribution in [0.3, 0.4) is 0 Å². The Balaban J connectivity index is 1.83. The second-order valence-electron chi connectivity index (χ2n) is 7.55. The maximum atomic E-state index is 12.8. The monoisotopic (exact) mass is 426 g/mol. The van der Waals surface area contributed by atoms with Crippen LogP contribution in [0.5, 0.6) is 11.5 Å². The highest BCUT2D eigenvalue weighted by molar-refractivity contribution is 5.80. The van der Waals surface area contributed by atoms with Gasteiger partial charge in [0.1, 0.15) is 0 Å². The number of hydrogen-bond acceptors (Lipinski definition) is 4. The zero-order valence-electron chi connectivity index (χ0n) is 19.0. The summed E-state index contributed by atoms with van der Waals surface area (Å²) in [7, 11) is 3.20. The molecule has 6 nitrogen and oxygen atoms in total. The van der Waals surface area contributed by atoms with Gasteiger partial charge in [-0.05, 0) is 43.0 Å². The van der Waals surface area contributed by atoms with Crippen molar-refractivity contribution in [2.75, 3.05) is 27.3 Å². The van der Waals surface area contributed by atoms with E-state index in [2.05, 4.69) is 12.2 Å². The third-order valence-corrected chi connectivity index (χ3v) is 5.40. The van der Waals surface area contributed by atoms with Crippen molar-refractivity contribution < 1.29 is 19.1 Å². The van der Waals surface area contributed by atoms with Gasteiger partial charge in [-0.2, -0.15) is 0 Å². The van der Waals surface area contributed by atoms with Crippen molar-refractivity contribution in [3.63, 3.8) is 0 Å². The first kappa shape index (κ1) is 24.3. The van der Waals surface area contributed by atoms with Crippen LogP contribution in [0.15, 0.2) is 48.5 Å². The lowest BCUT2D eigenvalue weighted by atomic mass is 10.1. The Labute approximate surface area is 185 Å². The van der Waals surface area contributed by atoms with Crippen molar-refractivity contribution in [1.29, 1.82) is 0 Å². The molecule has 0 saturated carbocycles. The van der Waals surface area contributed by atoms with E-state index in [0.717, 1.165) is 17.5 Å². The fourth-order valence-electron chi connectivity index (χ4n) is 3.38. The number of hydrogen-bond donors (Lipinski definition) is 1. The summed E-state index contributed by atoms with van der Waals surface area (Å²) < 4.78 is 10.6. The minimum Gasteiger partial charge on any atom is -0.493 e. The molecule has 2 aromatic carbocycles.